The minimum Gasteiger partial charge on any atom is -0.299 e. The number of nitrogens with zero attached hydrogens (tertiary/aromatic N) is 1. The number of carbonyl (C=O) groups excluding carboxylic acids is 1. The zero-order chi connectivity index (χ0) is 21.2. The van der Waals surface area contributed by atoms with Gasteiger partial charge in [0, 0.05) is 24.1 Å². The molecule has 3 atom stereocenters. The fraction of sp³-hybridized carbons (Fsp3) is 0.696. The van der Waals surface area contributed by atoms with E-state index in [1.807, 2.05) is 0 Å². The lowest BCUT2D eigenvalue weighted by molar-refractivity contribution is -0.128. The molecule has 2 bridgehead atoms. The Morgan fingerprint density at radius 1 is 1.17 bits per heavy atom. The standard InChI is InChI=1S/C23H33NO3S2/c1-21(2,3)17-8-6-16(7-9-17)20-24(12-13-28-20)29(26,27)15-23-11-10-18(14-19(23)25)22(23,4)5/h6-9,18,20H,10-15H2,1-5H3. The van der Waals surface area contributed by atoms with E-state index in [4.69, 9.17) is 0 Å². The highest BCUT2D eigenvalue weighted by Gasteiger charge is 2.65. The second kappa shape index (κ2) is 6.83. The summed E-state index contributed by atoms with van der Waals surface area (Å²) < 4.78 is 28.8. The number of fused-ring (bicyclic) bond motifs is 2. The van der Waals surface area contributed by atoms with Gasteiger partial charge >= 0.3 is 0 Å². The molecule has 4 rings (SSSR count). The van der Waals surface area contributed by atoms with E-state index in [1.54, 1.807) is 16.1 Å². The van der Waals surface area contributed by atoms with Crippen molar-refractivity contribution in [1.82, 2.24) is 4.31 Å². The van der Waals surface area contributed by atoms with Crippen LogP contribution in [0.15, 0.2) is 24.3 Å². The zero-order valence-electron chi connectivity index (χ0n) is 18.2. The zero-order valence-corrected chi connectivity index (χ0v) is 19.8. The van der Waals surface area contributed by atoms with Crippen LogP contribution in [-0.2, 0) is 20.2 Å². The van der Waals surface area contributed by atoms with Gasteiger partial charge in [-0.25, -0.2) is 8.42 Å². The van der Waals surface area contributed by atoms with Crippen LogP contribution in [0.25, 0.3) is 0 Å². The van der Waals surface area contributed by atoms with Gasteiger partial charge in [-0.15, -0.1) is 11.8 Å². The molecular formula is C23H33NO3S2. The van der Waals surface area contributed by atoms with Crippen molar-refractivity contribution < 1.29 is 13.2 Å². The molecule has 0 spiro atoms. The number of hydrogen-bond donors (Lipinski definition) is 0. The second-order valence-electron chi connectivity index (χ2n) is 10.6. The molecule has 2 saturated carbocycles. The maximum absolute atomic E-state index is 13.6. The van der Waals surface area contributed by atoms with Gasteiger partial charge in [-0.2, -0.15) is 4.31 Å². The Balaban J connectivity index is 1.61. The van der Waals surface area contributed by atoms with Crippen LogP contribution in [0.2, 0.25) is 0 Å². The monoisotopic (exact) mass is 435 g/mol. The van der Waals surface area contributed by atoms with E-state index in [0.717, 1.165) is 17.7 Å². The van der Waals surface area contributed by atoms with Crippen LogP contribution in [0.3, 0.4) is 0 Å². The van der Waals surface area contributed by atoms with Crippen LogP contribution < -0.4 is 0 Å². The van der Waals surface area contributed by atoms with Gasteiger partial charge in [0.2, 0.25) is 10.0 Å². The first-order chi connectivity index (χ1) is 13.4. The molecule has 1 aromatic carbocycles. The van der Waals surface area contributed by atoms with Crippen LogP contribution in [0.5, 0.6) is 0 Å². The molecule has 4 nitrogen and oxygen atoms in total. The molecule has 1 heterocycles. The van der Waals surface area contributed by atoms with Crippen LogP contribution >= 0.6 is 11.8 Å². The molecule has 1 aliphatic heterocycles. The Kier molecular flexibility index (Phi) is 5.03. The molecule has 3 aliphatic rings. The first kappa shape index (κ1) is 21.4. The number of ketones is 1. The van der Waals surface area contributed by atoms with Gasteiger partial charge in [-0.3, -0.25) is 4.79 Å². The lowest BCUT2D eigenvalue weighted by Crippen LogP contribution is -2.46. The summed E-state index contributed by atoms with van der Waals surface area (Å²) in [5.74, 6) is 1.26. The summed E-state index contributed by atoms with van der Waals surface area (Å²) in [6.07, 6.45) is 2.24. The minimum absolute atomic E-state index is 0.0283. The normalized spacial score (nSPS) is 32.2. The Labute approximate surface area is 179 Å². The molecule has 6 heteroatoms. The second-order valence-corrected chi connectivity index (χ2v) is 13.7. The lowest BCUT2D eigenvalue weighted by atomic mass is 9.70. The molecule has 3 unspecified atom stereocenters. The van der Waals surface area contributed by atoms with Gasteiger partial charge in [-0.1, -0.05) is 58.9 Å². The molecule has 0 radical (unpaired) electrons. The van der Waals surface area contributed by atoms with E-state index in [0.29, 0.717) is 25.3 Å². The van der Waals surface area contributed by atoms with E-state index in [2.05, 4.69) is 58.9 Å². The van der Waals surface area contributed by atoms with Crippen LogP contribution in [-0.4, -0.2) is 36.6 Å². The molecule has 29 heavy (non-hydrogen) atoms. The highest BCUT2D eigenvalue weighted by molar-refractivity contribution is 8.01. The molecule has 0 aromatic heterocycles. The highest BCUT2D eigenvalue weighted by atomic mass is 32.2. The minimum atomic E-state index is -3.54. The smallest absolute Gasteiger partial charge is 0.216 e. The van der Waals surface area contributed by atoms with E-state index < -0.39 is 15.4 Å². The summed E-state index contributed by atoms with van der Waals surface area (Å²) in [4.78, 5) is 12.9. The van der Waals surface area contributed by atoms with Gasteiger partial charge < -0.3 is 0 Å². The van der Waals surface area contributed by atoms with Crippen molar-refractivity contribution in [3.63, 3.8) is 0 Å². The number of carbonyl (C=O) groups is 1. The van der Waals surface area contributed by atoms with Crippen molar-refractivity contribution >= 4 is 27.6 Å². The van der Waals surface area contributed by atoms with E-state index >= 15 is 0 Å². The first-order valence-electron chi connectivity index (χ1n) is 10.6. The summed E-state index contributed by atoms with van der Waals surface area (Å²) >= 11 is 1.68. The van der Waals surface area contributed by atoms with E-state index in [9.17, 15) is 13.2 Å². The summed E-state index contributed by atoms with van der Waals surface area (Å²) in [6, 6.07) is 8.37. The number of thioether (sulfide) groups is 1. The van der Waals surface area contributed by atoms with Gasteiger partial charge in [0.05, 0.1) is 11.1 Å². The predicted molar refractivity (Wildman–Crippen MR) is 119 cm³/mol. The lowest BCUT2D eigenvalue weighted by Gasteiger charge is -2.38. The topological polar surface area (TPSA) is 54.5 Å². The van der Waals surface area contributed by atoms with E-state index in [1.165, 1.54) is 5.56 Å². The highest BCUT2D eigenvalue weighted by Crippen LogP contribution is 2.64. The molecule has 3 fully saturated rings. The third kappa shape index (κ3) is 3.30. The first-order valence-corrected chi connectivity index (χ1v) is 13.3. The predicted octanol–water partition coefficient (Wildman–Crippen LogP) is 4.76. The fourth-order valence-corrected chi connectivity index (χ4v) is 9.74. The maximum Gasteiger partial charge on any atom is 0.216 e. The van der Waals surface area contributed by atoms with Crippen LogP contribution in [0, 0.1) is 16.7 Å². The number of Topliss-reactive ketones (excluding diaryl/α,β-unsaturated/α-hetero) is 1. The third-order valence-electron chi connectivity index (χ3n) is 7.84. The summed E-state index contributed by atoms with van der Waals surface area (Å²) in [5.41, 5.74) is 1.41. The average molecular weight is 436 g/mol. The molecule has 2 aliphatic carbocycles. The van der Waals surface area contributed by atoms with Crippen molar-refractivity contribution in [2.24, 2.45) is 16.7 Å². The molecule has 1 saturated heterocycles. The molecule has 0 amide bonds. The van der Waals surface area contributed by atoms with Gasteiger partial charge in [-0.05, 0) is 40.7 Å². The Hall–Kier alpha value is -0.850. The summed E-state index contributed by atoms with van der Waals surface area (Å²) in [7, 11) is -3.54. The number of sulfonamides is 1. The summed E-state index contributed by atoms with van der Waals surface area (Å²) in [5, 5.41) is -0.192. The molecule has 160 valence electrons. The van der Waals surface area contributed by atoms with Gasteiger partial charge in [0.25, 0.3) is 0 Å². The van der Waals surface area contributed by atoms with Crippen molar-refractivity contribution in [3.05, 3.63) is 35.4 Å². The van der Waals surface area contributed by atoms with Crippen molar-refractivity contribution in [2.45, 2.75) is 64.7 Å². The maximum atomic E-state index is 13.6. The van der Waals surface area contributed by atoms with Crippen LogP contribution in [0.1, 0.15) is 70.4 Å². The van der Waals surface area contributed by atoms with Crippen LogP contribution in [0.4, 0.5) is 0 Å². The Bertz CT molecular complexity index is 914. The molecule has 1 aromatic rings. The molecular weight excluding hydrogens is 402 g/mol. The Morgan fingerprint density at radius 3 is 2.34 bits per heavy atom. The third-order valence-corrected chi connectivity index (χ3v) is 11.2. The van der Waals surface area contributed by atoms with Crippen molar-refractivity contribution in [3.8, 4) is 0 Å². The SMILES string of the molecule is CC(C)(C)c1ccc(C2SCCN2S(=O)(=O)CC23CCC(CC2=O)C3(C)C)cc1. The van der Waals surface area contributed by atoms with Crippen molar-refractivity contribution in [2.75, 3.05) is 18.1 Å². The fourth-order valence-electron chi connectivity index (χ4n) is 5.65. The van der Waals surface area contributed by atoms with E-state index in [-0.39, 0.29) is 27.7 Å². The summed E-state index contributed by atoms with van der Waals surface area (Å²) in [6.45, 7) is 11.3. The number of hydrogen-bond acceptors (Lipinski definition) is 4. The number of rotatable bonds is 4. The average Bonchev–Trinajstić information content (AvgIpc) is 3.25. The Morgan fingerprint density at radius 2 is 1.83 bits per heavy atom. The van der Waals surface area contributed by atoms with Gasteiger partial charge in [0.1, 0.15) is 5.78 Å². The van der Waals surface area contributed by atoms with Gasteiger partial charge in [0.15, 0.2) is 0 Å². The molecule has 0 N–H and O–H groups in total. The number of benzene rings is 1. The largest absolute Gasteiger partial charge is 0.299 e. The van der Waals surface area contributed by atoms with Crippen molar-refractivity contribution in [1.29, 1.82) is 0 Å². The quantitative estimate of drug-likeness (QED) is 0.684.